The van der Waals surface area contributed by atoms with E-state index >= 15 is 0 Å². The Hall–Kier alpha value is -1.15. The number of H-pyrrole nitrogens is 1. The topological polar surface area (TPSA) is 83.1 Å². The number of halogens is 2. The molecule has 0 aliphatic carbocycles. The Balaban J connectivity index is 2.24. The van der Waals surface area contributed by atoms with Crippen molar-refractivity contribution in [2.45, 2.75) is 11.7 Å². The first-order chi connectivity index (χ1) is 7.38. The smallest absolute Gasteiger partial charge is 0.294 e. The number of nitrogens with zero attached hydrogens (tertiary/aromatic N) is 2. The first-order valence-electron chi connectivity index (χ1n) is 4.32. The molecule has 9 heteroatoms. The Kier molecular flexibility index (Phi) is 2.62. The minimum Gasteiger partial charge on any atom is -0.294 e. The zero-order valence-electron chi connectivity index (χ0n) is 7.85. The van der Waals surface area contributed by atoms with Crippen LogP contribution in [-0.4, -0.2) is 36.3 Å². The van der Waals surface area contributed by atoms with Crippen molar-refractivity contribution < 1.29 is 17.1 Å². The van der Waals surface area contributed by atoms with Gasteiger partial charge < -0.3 is 0 Å². The average molecular weight is 268 g/mol. The molecule has 2 rings (SSSR count). The molecule has 0 aromatic carbocycles. The van der Waals surface area contributed by atoms with Gasteiger partial charge in [-0.25, -0.2) is 0 Å². The van der Waals surface area contributed by atoms with E-state index in [9.17, 15) is 17.1 Å². The molecule has 1 N–H and O–H groups in total. The highest BCUT2D eigenvalue weighted by Gasteiger charge is 2.39. The van der Waals surface area contributed by atoms with Crippen LogP contribution >= 0.6 is 11.6 Å². The number of anilines is 1. The summed E-state index contributed by atoms with van der Waals surface area (Å²) >= 11 is 5.56. The number of amides is 1. The van der Waals surface area contributed by atoms with Gasteiger partial charge in [0.2, 0.25) is 5.91 Å². The fourth-order valence-corrected chi connectivity index (χ4v) is 2.32. The van der Waals surface area contributed by atoms with Crippen molar-refractivity contribution in [3.8, 4) is 0 Å². The Labute approximate surface area is 95.6 Å². The second kappa shape index (κ2) is 3.70. The van der Waals surface area contributed by atoms with Crippen molar-refractivity contribution in [3.05, 3.63) is 11.2 Å². The van der Waals surface area contributed by atoms with Crippen LogP contribution in [0.4, 0.5) is 9.70 Å². The molecular formula is C7H7ClFN3O3S. The van der Waals surface area contributed by atoms with E-state index in [0.717, 1.165) is 4.90 Å². The number of hydrogen-bond acceptors (Lipinski definition) is 4. The predicted octanol–water partition coefficient (Wildman–Crippen LogP) is 0.468. The molecule has 1 amide bonds. The lowest BCUT2D eigenvalue weighted by Gasteiger charge is -2.11. The molecule has 6 nitrogen and oxygen atoms in total. The van der Waals surface area contributed by atoms with E-state index in [2.05, 4.69) is 10.2 Å². The largest absolute Gasteiger partial charge is 0.307 e. The first kappa shape index (κ1) is 11.3. The van der Waals surface area contributed by atoms with Crippen LogP contribution in [0, 0.1) is 0 Å². The number of carbonyl (C=O) groups excluding carboxylic acids is 1. The molecule has 1 aromatic rings. The molecule has 1 atom stereocenters. The highest BCUT2D eigenvalue weighted by Crippen LogP contribution is 2.25. The maximum atomic E-state index is 12.7. The Morgan fingerprint density at radius 2 is 2.31 bits per heavy atom. The molecular weight excluding hydrogens is 261 g/mol. The Morgan fingerprint density at radius 3 is 2.75 bits per heavy atom. The van der Waals surface area contributed by atoms with E-state index in [1.54, 1.807) is 0 Å². The standard InChI is InChI=1S/C7H7ClFN3O3S/c8-5-2-6(11-10-5)12-3-4(1-7(12)13)16(9,14)15/h2,4H,1,3H2,(H,10,11). The molecule has 1 saturated heterocycles. The van der Waals surface area contributed by atoms with Crippen LogP contribution in [0.1, 0.15) is 6.42 Å². The average Bonchev–Trinajstić information content (AvgIpc) is 2.70. The summed E-state index contributed by atoms with van der Waals surface area (Å²) in [5.41, 5.74) is 0. The van der Waals surface area contributed by atoms with E-state index in [1.807, 2.05) is 0 Å². The Morgan fingerprint density at radius 1 is 1.62 bits per heavy atom. The molecule has 88 valence electrons. The highest BCUT2D eigenvalue weighted by atomic mass is 35.5. The quantitative estimate of drug-likeness (QED) is 0.790. The fraction of sp³-hybridized carbons (Fsp3) is 0.429. The molecule has 0 saturated carbocycles. The normalized spacial score (nSPS) is 21.8. The van der Waals surface area contributed by atoms with E-state index in [-0.39, 0.29) is 23.9 Å². The molecule has 1 fully saturated rings. The number of aromatic amines is 1. The third-order valence-corrected chi connectivity index (χ3v) is 3.60. The van der Waals surface area contributed by atoms with Gasteiger partial charge in [0.25, 0.3) is 0 Å². The van der Waals surface area contributed by atoms with Gasteiger partial charge >= 0.3 is 10.2 Å². The van der Waals surface area contributed by atoms with Crippen LogP contribution in [0.25, 0.3) is 0 Å². The van der Waals surface area contributed by atoms with Gasteiger partial charge in [0, 0.05) is 19.0 Å². The van der Waals surface area contributed by atoms with Crippen molar-refractivity contribution in [3.63, 3.8) is 0 Å². The minimum atomic E-state index is -4.70. The van der Waals surface area contributed by atoms with Gasteiger partial charge in [-0.3, -0.25) is 14.8 Å². The molecule has 2 heterocycles. The summed E-state index contributed by atoms with van der Waals surface area (Å²) in [5, 5.41) is 4.99. The van der Waals surface area contributed by atoms with Crippen molar-refractivity contribution in [1.29, 1.82) is 0 Å². The highest BCUT2D eigenvalue weighted by molar-refractivity contribution is 7.87. The number of nitrogens with one attached hydrogen (secondary N) is 1. The molecule has 0 spiro atoms. The second-order valence-electron chi connectivity index (χ2n) is 3.38. The van der Waals surface area contributed by atoms with Gasteiger partial charge in [-0.1, -0.05) is 11.6 Å². The number of carbonyl (C=O) groups is 1. The summed E-state index contributed by atoms with van der Waals surface area (Å²) < 4.78 is 34.0. The van der Waals surface area contributed by atoms with Crippen LogP contribution in [0.15, 0.2) is 6.07 Å². The van der Waals surface area contributed by atoms with Gasteiger partial charge in [-0.15, -0.1) is 3.89 Å². The zero-order chi connectivity index (χ0) is 11.9. The summed E-state index contributed by atoms with van der Waals surface area (Å²) in [7, 11) is -4.70. The van der Waals surface area contributed by atoms with Crippen molar-refractivity contribution in [1.82, 2.24) is 10.2 Å². The third-order valence-electron chi connectivity index (χ3n) is 2.30. The maximum absolute atomic E-state index is 12.7. The fourth-order valence-electron chi connectivity index (χ4n) is 1.51. The lowest BCUT2D eigenvalue weighted by Crippen LogP contribution is -2.27. The number of hydrogen-bond donors (Lipinski definition) is 1. The zero-order valence-corrected chi connectivity index (χ0v) is 9.42. The minimum absolute atomic E-state index is 0.196. The summed E-state index contributed by atoms with van der Waals surface area (Å²) in [6.45, 7) is -0.237. The Bertz CT molecular complexity index is 529. The van der Waals surface area contributed by atoms with Crippen LogP contribution < -0.4 is 4.90 Å². The summed E-state index contributed by atoms with van der Waals surface area (Å²) in [4.78, 5) is 12.5. The maximum Gasteiger partial charge on any atom is 0.307 e. The summed E-state index contributed by atoms with van der Waals surface area (Å²) in [6.07, 6.45) is -0.372. The predicted molar refractivity (Wildman–Crippen MR) is 54.4 cm³/mol. The van der Waals surface area contributed by atoms with Gasteiger partial charge in [-0.2, -0.15) is 13.5 Å². The van der Waals surface area contributed by atoms with Crippen molar-refractivity contribution >= 4 is 33.5 Å². The van der Waals surface area contributed by atoms with E-state index in [0.29, 0.717) is 0 Å². The van der Waals surface area contributed by atoms with Gasteiger partial charge in [0.15, 0.2) is 5.82 Å². The van der Waals surface area contributed by atoms with Crippen LogP contribution in [0.5, 0.6) is 0 Å². The summed E-state index contributed by atoms with van der Waals surface area (Å²) in [6, 6.07) is 1.37. The van der Waals surface area contributed by atoms with E-state index in [1.165, 1.54) is 6.07 Å². The monoisotopic (exact) mass is 267 g/mol. The molecule has 1 unspecified atom stereocenters. The molecule has 0 radical (unpaired) electrons. The first-order valence-corrected chi connectivity index (χ1v) is 6.15. The molecule has 1 aliphatic heterocycles. The van der Waals surface area contributed by atoms with E-state index < -0.39 is 21.4 Å². The SMILES string of the molecule is O=C1CC(S(=O)(=O)F)CN1c1cc(Cl)[nH]n1. The second-order valence-corrected chi connectivity index (χ2v) is 5.41. The van der Waals surface area contributed by atoms with Crippen LogP contribution in [-0.2, 0) is 15.0 Å². The van der Waals surface area contributed by atoms with Crippen molar-refractivity contribution in [2.24, 2.45) is 0 Å². The molecule has 0 bridgehead atoms. The number of rotatable bonds is 2. The van der Waals surface area contributed by atoms with Crippen LogP contribution in [0.2, 0.25) is 5.15 Å². The third kappa shape index (κ3) is 2.03. The molecule has 1 aromatic heterocycles. The van der Waals surface area contributed by atoms with Gasteiger partial charge in [0.1, 0.15) is 10.4 Å². The van der Waals surface area contributed by atoms with E-state index in [4.69, 9.17) is 11.6 Å². The van der Waals surface area contributed by atoms with Crippen molar-refractivity contribution in [2.75, 3.05) is 11.4 Å². The van der Waals surface area contributed by atoms with Crippen LogP contribution in [0.3, 0.4) is 0 Å². The lowest BCUT2D eigenvalue weighted by molar-refractivity contribution is -0.117. The molecule has 16 heavy (non-hydrogen) atoms. The van der Waals surface area contributed by atoms with Gasteiger partial charge in [-0.05, 0) is 0 Å². The number of aromatic nitrogens is 2. The van der Waals surface area contributed by atoms with Gasteiger partial charge in [0.05, 0.1) is 0 Å². The summed E-state index contributed by atoms with van der Waals surface area (Å²) in [5.74, 6) is -0.296. The lowest BCUT2D eigenvalue weighted by atomic mass is 10.4. The molecule has 1 aliphatic rings.